The van der Waals surface area contributed by atoms with Gasteiger partial charge >= 0.3 is 6.18 Å². The first-order valence-corrected chi connectivity index (χ1v) is 5.68. The predicted octanol–water partition coefficient (Wildman–Crippen LogP) is 3.96. The van der Waals surface area contributed by atoms with Gasteiger partial charge in [0.25, 0.3) is 0 Å². The van der Waals surface area contributed by atoms with Crippen LogP contribution in [0.4, 0.5) is 13.2 Å². The Kier molecular flexibility index (Phi) is 2.68. The molecule has 2 aromatic rings. The quantitative estimate of drug-likeness (QED) is 0.697. The normalized spacial score (nSPS) is 13.3. The van der Waals surface area contributed by atoms with Crippen molar-refractivity contribution in [2.75, 3.05) is 0 Å². The van der Waals surface area contributed by atoms with Crippen LogP contribution in [0.3, 0.4) is 0 Å². The Bertz CT molecular complexity index is 589. The molecular weight excluding hydrogens is 241 g/mol. The second kappa shape index (κ2) is 3.73. The molecular formula is C13H15F3N2. The summed E-state index contributed by atoms with van der Waals surface area (Å²) < 4.78 is 40.6. The predicted molar refractivity (Wildman–Crippen MR) is 63.6 cm³/mol. The lowest BCUT2D eigenvalue weighted by atomic mass is 9.85. The third-order valence-electron chi connectivity index (χ3n) is 2.87. The summed E-state index contributed by atoms with van der Waals surface area (Å²) in [6.45, 7) is 7.04. The largest absolute Gasteiger partial charge is 0.435 e. The summed E-state index contributed by atoms with van der Waals surface area (Å²) in [5, 5.41) is 3.74. The molecule has 0 radical (unpaired) electrons. The van der Waals surface area contributed by atoms with E-state index in [9.17, 15) is 13.2 Å². The molecule has 0 spiro atoms. The van der Waals surface area contributed by atoms with E-state index in [0.29, 0.717) is 11.2 Å². The molecule has 2 rings (SSSR count). The Labute approximate surface area is 103 Å². The highest BCUT2D eigenvalue weighted by Gasteiger charge is 2.41. The molecule has 0 saturated carbocycles. The molecule has 5 heteroatoms. The van der Waals surface area contributed by atoms with Crippen LogP contribution in [-0.2, 0) is 11.6 Å². The number of pyridine rings is 1. The van der Waals surface area contributed by atoms with Crippen molar-refractivity contribution in [2.24, 2.45) is 0 Å². The van der Waals surface area contributed by atoms with Gasteiger partial charge in [0.2, 0.25) is 0 Å². The molecule has 18 heavy (non-hydrogen) atoms. The highest BCUT2D eigenvalue weighted by Crippen LogP contribution is 2.39. The summed E-state index contributed by atoms with van der Waals surface area (Å²) in [6.07, 6.45) is -4.43. The van der Waals surface area contributed by atoms with Crippen LogP contribution in [0.25, 0.3) is 5.52 Å². The molecule has 0 atom stereocenters. The zero-order valence-corrected chi connectivity index (χ0v) is 10.8. The lowest BCUT2D eigenvalue weighted by molar-refractivity contribution is -0.142. The molecule has 0 bridgehead atoms. The first-order valence-electron chi connectivity index (χ1n) is 5.68. The van der Waals surface area contributed by atoms with Gasteiger partial charge in [0.05, 0.1) is 5.52 Å². The summed E-state index contributed by atoms with van der Waals surface area (Å²) in [6, 6.07) is 5.17. The summed E-state index contributed by atoms with van der Waals surface area (Å²) >= 11 is 0. The maximum Gasteiger partial charge on any atom is 0.435 e. The molecule has 0 aromatic carbocycles. The third-order valence-corrected chi connectivity index (χ3v) is 2.87. The zero-order valence-electron chi connectivity index (χ0n) is 10.8. The number of aryl methyl sites for hydroxylation is 1. The molecule has 0 unspecified atom stereocenters. The minimum absolute atomic E-state index is 0.249. The fourth-order valence-corrected chi connectivity index (χ4v) is 2.14. The van der Waals surface area contributed by atoms with Gasteiger partial charge < -0.3 is 0 Å². The summed E-state index contributed by atoms with van der Waals surface area (Å²) in [5.41, 5.74) is 0.0618. The Morgan fingerprint density at radius 1 is 1.11 bits per heavy atom. The van der Waals surface area contributed by atoms with Gasteiger partial charge in [-0.25, -0.2) is 4.52 Å². The van der Waals surface area contributed by atoms with E-state index in [1.54, 1.807) is 45.9 Å². The van der Waals surface area contributed by atoms with Crippen molar-refractivity contribution in [3.8, 4) is 0 Å². The van der Waals surface area contributed by atoms with Gasteiger partial charge in [-0.15, -0.1) is 0 Å². The number of alkyl halides is 3. The van der Waals surface area contributed by atoms with E-state index in [-0.39, 0.29) is 5.56 Å². The van der Waals surface area contributed by atoms with Gasteiger partial charge in [-0.2, -0.15) is 18.3 Å². The number of fused-ring (bicyclic) bond motifs is 1. The van der Waals surface area contributed by atoms with E-state index in [0.717, 1.165) is 0 Å². The van der Waals surface area contributed by atoms with Gasteiger partial charge in [0.15, 0.2) is 5.69 Å². The van der Waals surface area contributed by atoms with E-state index in [2.05, 4.69) is 5.10 Å². The molecule has 0 aliphatic rings. The molecule has 2 heterocycles. The Balaban J connectivity index is 2.91. The molecule has 0 fully saturated rings. The topological polar surface area (TPSA) is 17.3 Å². The smallest absolute Gasteiger partial charge is 0.237 e. The van der Waals surface area contributed by atoms with Gasteiger partial charge in [0.1, 0.15) is 0 Å². The lowest BCUT2D eigenvalue weighted by Gasteiger charge is -2.20. The van der Waals surface area contributed by atoms with Gasteiger partial charge in [-0.3, -0.25) is 0 Å². The Morgan fingerprint density at radius 2 is 1.72 bits per heavy atom. The van der Waals surface area contributed by atoms with Crippen LogP contribution in [0, 0.1) is 6.92 Å². The third kappa shape index (κ3) is 1.98. The van der Waals surface area contributed by atoms with Crippen LogP contribution in [-0.4, -0.2) is 9.61 Å². The number of hydrogen-bond acceptors (Lipinski definition) is 1. The molecule has 2 nitrogen and oxygen atoms in total. The van der Waals surface area contributed by atoms with Crippen LogP contribution in [0.5, 0.6) is 0 Å². The van der Waals surface area contributed by atoms with Crippen molar-refractivity contribution in [3.05, 3.63) is 35.2 Å². The Hall–Kier alpha value is -1.52. The fraction of sp³-hybridized carbons (Fsp3) is 0.462. The van der Waals surface area contributed by atoms with E-state index >= 15 is 0 Å². The average Bonchev–Trinajstić information content (AvgIpc) is 2.56. The number of halogens is 3. The van der Waals surface area contributed by atoms with Crippen LogP contribution in [0.1, 0.15) is 37.7 Å². The number of hydrogen-bond donors (Lipinski definition) is 0. The number of rotatable bonds is 0. The number of nitrogens with zero attached hydrogens (tertiary/aromatic N) is 2. The summed E-state index contributed by atoms with van der Waals surface area (Å²) in [7, 11) is 0. The van der Waals surface area contributed by atoms with Crippen molar-refractivity contribution >= 4 is 5.52 Å². The van der Waals surface area contributed by atoms with Crippen molar-refractivity contribution in [1.82, 2.24) is 9.61 Å². The average molecular weight is 256 g/mol. The van der Waals surface area contributed by atoms with Gasteiger partial charge in [0, 0.05) is 11.3 Å². The van der Waals surface area contributed by atoms with Gasteiger partial charge in [-0.1, -0.05) is 26.8 Å². The summed E-state index contributed by atoms with van der Waals surface area (Å²) in [4.78, 5) is 0. The van der Waals surface area contributed by atoms with Crippen LogP contribution in [0.2, 0.25) is 0 Å². The molecule has 0 N–H and O–H groups in total. The highest BCUT2D eigenvalue weighted by molar-refractivity contribution is 5.60. The zero-order chi connectivity index (χ0) is 13.7. The van der Waals surface area contributed by atoms with Crippen LogP contribution in [0.15, 0.2) is 18.2 Å². The maximum atomic E-state index is 13.1. The lowest BCUT2D eigenvalue weighted by Crippen LogP contribution is -2.18. The molecule has 0 aliphatic heterocycles. The summed E-state index contributed by atoms with van der Waals surface area (Å²) in [5.74, 6) is 0. The second-order valence-corrected chi connectivity index (χ2v) is 5.44. The van der Waals surface area contributed by atoms with Crippen molar-refractivity contribution < 1.29 is 13.2 Å². The molecule has 98 valence electrons. The first kappa shape index (κ1) is 12.9. The van der Waals surface area contributed by atoms with Gasteiger partial charge in [-0.05, 0) is 24.5 Å². The van der Waals surface area contributed by atoms with E-state index in [4.69, 9.17) is 0 Å². The van der Waals surface area contributed by atoms with Crippen molar-refractivity contribution in [1.29, 1.82) is 0 Å². The maximum absolute atomic E-state index is 13.1. The molecule has 0 amide bonds. The second-order valence-electron chi connectivity index (χ2n) is 5.44. The standard InChI is InChI=1S/C13H15F3N2/c1-8-6-5-7-9-10(12(2,3)4)11(13(14,15)16)17-18(8)9/h5-7H,1-4H3. The Morgan fingerprint density at radius 3 is 2.22 bits per heavy atom. The van der Waals surface area contributed by atoms with E-state index in [1.807, 2.05) is 0 Å². The number of aromatic nitrogens is 2. The van der Waals surface area contributed by atoms with E-state index < -0.39 is 17.3 Å². The minimum atomic E-state index is -4.43. The minimum Gasteiger partial charge on any atom is -0.237 e. The van der Waals surface area contributed by atoms with Crippen molar-refractivity contribution in [2.45, 2.75) is 39.3 Å². The van der Waals surface area contributed by atoms with Crippen LogP contribution < -0.4 is 0 Å². The van der Waals surface area contributed by atoms with Crippen molar-refractivity contribution in [3.63, 3.8) is 0 Å². The highest BCUT2D eigenvalue weighted by atomic mass is 19.4. The van der Waals surface area contributed by atoms with E-state index in [1.165, 1.54) is 4.52 Å². The fourth-order valence-electron chi connectivity index (χ4n) is 2.14. The monoisotopic (exact) mass is 256 g/mol. The molecule has 0 aliphatic carbocycles. The first-order chi connectivity index (χ1) is 8.12. The SMILES string of the molecule is Cc1cccc2c(C(C)(C)C)c(C(F)(F)F)nn12. The van der Waals surface area contributed by atoms with Crippen LogP contribution >= 0.6 is 0 Å². The molecule has 0 saturated heterocycles. The molecule has 2 aromatic heterocycles.